The summed E-state index contributed by atoms with van der Waals surface area (Å²) in [5, 5.41) is 3.31. The van der Waals surface area contributed by atoms with Crippen LogP contribution in [0.4, 0.5) is 0 Å². The van der Waals surface area contributed by atoms with Crippen LogP contribution in [0.25, 0.3) is 5.65 Å². The van der Waals surface area contributed by atoms with Crippen LogP contribution >= 0.6 is 0 Å². The molecule has 0 spiro atoms. The molecule has 2 aromatic heterocycles. The Hall–Kier alpha value is -2.21. The first kappa shape index (κ1) is 23.0. The third-order valence-corrected chi connectivity index (χ3v) is 7.36. The predicted molar refractivity (Wildman–Crippen MR) is 127 cm³/mol. The summed E-state index contributed by atoms with van der Waals surface area (Å²) in [4.78, 5) is 29.6. The Morgan fingerprint density at radius 1 is 1.09 bits per heavy atom. The van der Waals surface area contributed by atoms with Gasteiger partial charge in [0.2, 0.25) is 5.91 Å². The minimum atomic E-state index is 0.0828. The molecule has 3 fully saturated rings. The highest BCUT2D eigenvalue weighted by atomic mass is 16.2. The van der Waals surface area contributed by atoms with Crippen LogP contribution < -0.4 is 5.32 Å². The summed E-state index contributed by atoms with van der Waals surface area (Å²) in [6, 6.07) is 5.67. The Labute approximate surface area is 191 Å². The number of nitrogens with zero attached hydrogens (tertiary/aromatic N) is 3. The zero-order valence-electron chi connectivity index (χ0n) is 19.8. The van der Waals surface area contributed by atoms with E-state index in [1.54, 1.807) is 29.2 Å². The molecule has 32 heavy (non-hydrogen) atoms. The Kier molecular flexibility index (Phi) is 7.29. The molecule has 0 aromatic carbocycles. The number of hydrogen-bond acceptors (Lipinski definition) is 4. The smallest absolute Gasteiger partial charge is 0.228 e. The molecule has 1 aliphatic heterocycles. The zero-order valence-corrected chi connectivity index (χ0v) is 19.8. The molecule has 0 unspecified atom stereocenters. The van der Waals surface area contributed by atoms with Crippen LogP contribution in [0.5, 0.6) is 0 Å². The van der Waals surface area contributed by atoms with Gasteiger partial charge in [-0.15, -0.1) is 0 Å². The first-order valence-electron chi connectivity index (χ1n) is 12.3. The maximum atomic E-state index is 12.3. The van der Waals surface area contributed by atoms with E-state index in [9.17, 15) is 9.59 Å². The number of pyridine rings is 1. The molecule has 2 aliphatic carbocycles. The van der Waals surface area contributed by atoms with Crippen molar-refractivity contribution in [3.8, 4) is 0 Å². The van der Waals surface area contributed by atoms with Gasteiger partial charge in [-0.25, -0.2) is 4.98 Å². The number of nitrogens with one attached hydrogen (secondary N) is 1. The van der Waals surface area contributed by atoms with Crippen molar-refractivity contribution in [2.45, 2.75) is 65.3 Å². The van der Waals surface area contributed by atoms with Gasteiger partial charge in [-0.05, 0) is 74.8 Å². The maximum Gasteiger partial charge on any atom is 0.228 e. The number of piperazine rings is 1. The predicted octanol–water partition coefficient (Wildman–Crippen LogP) is 3.98. The number of carbonyl (C=O) groups is 2. The summed E-state index contributed by atoms with van der Waals surface area (Å²) in [6.07, 6.45) is 10.5. The van der Waals surface area contributed by atoms with E-state index in [2.05, 4.69) is 31.1 Å². The largest absolute Gasteiger partial charge is 0.340 e. The number of amides is 1. The van der Waals surface area contributed by atoms with Crippen molar-refractivity contribution in [3.63, 3.8) is 0 Å². The third kappa shape index (κ3) is 5.58. The van der Waals surface area contributed by atoms with Gasteiger partial charge in [0.1, 0.15) is 5.65 Å². The molecule has 2 aromatic rings. The fourth-order valence-electron chi connectivity index (χ4n) is 6.21. The van der Waals surface area contributed by atoms with E-state index in [4.69, 9.17) is 0 Å². The molecule has 6 nitrogen and oxygen atoms in total. The van der Waals surface area contributed by atoms with Gasteiger partial charge in [0, 0.05) is 31.9 Å². The molecule has 174 valence electrons. The number of fused-ring (bicyclic) bond motifs is 3. The normalized spacial score (nSPS) is 29.8. The summed E-state index contributed by atoms with van der Waals surface area (Å²) in [5.74, 6) is 4.36. The molecule has 0 radical (unpaired) electrons. The number of rotatable bonds is 3. The molecule has 1 atom stereocenters. The van der Waals surface area contributed by atoms with E-state index >= 15 is 0 Å². The van der Waals surface area contributed by atoms with Crippen molar-refractivity contribution in [1.29, 1.82) is 0 Å². The van der Waals surface area contributed by atoms with E-state index in [-0.39, 0.29) is 12.3 Å². The molecule has 6 heteroatoms. The number of aldehydes is 1. The van der Waals surface area contributed by atoms with E-state index in [1.807, 2.05) is 11.0 Å². The van der Waals surface area contributed by atoms with Gasteiger partial charge < -0.3 is 10.2 Å². The molecule has 2 bridgehead atoms. The van der Waals surface area contributed by atoms with Crippen LogP contribution in [0, 0.1) is 23.7 Å². The maximum absolute atomic E-state index is 12.3. The molecular formula is C26H38N4O2. The first-order valence-corrected chi connectivity index (χ1v) is 12.3. The van der Waals surface area contributed by atoms with Gasteiger partial charge in [-0.2, -0.15) is 0 Å². The standard InChI is InChI=1S/C15H18N4O2.C11H20/c1-11-8-18(6-5-16-11)15(21)7-12-9-19-13(10-20)3-2-4-14(19)17-12;1-8-3-10-5-9(2)6-11(4-8)7-10/h2-4,9-11,16H,5-8H2,1H3;8-11H,3-7H2,1-2H3/t11-;/m1./s1. The van der Waals surface area contributed by atoms with Crippen molar-refractivity contribution in [2.75, 3.05) is 19.6 Å². The highest BCUT2D eigenvalue weighted by Gasteiger charge is 2.32. The number of aromatic nitrogens is 2. The van der Waals surface area contributed by atoms with Gasteiger partial charge in [0.05, 0.1) is 17.8 Å². The van der Waals surface area contributed by atoms with Gasteiger partial charge in [0.15, 0.2) is 6.29 Å². The number of hydrogen-bond donors (Lipinski definition) is 1. The lowest BCUT2D eigenvalue weighted by Gasteiger charge is -2.40. The highest BCUT2D eigenvalue weighted by Crippen LogP contribution is 2.44. The molecule has 5 rings (SSSR count). The Bertz CT molecular complexity index is 906. The van der Waals surface area contributed by atoms with Crippen LogP contribution in [-0.2, 0) is 11.2 Å². The van der Waals surface area contributed by atoms with Gasteiger partial charge >= 0.3 is 0 Å². The monoisotopic (exact) mass is 438 g/mol. The van der Waals surface area contributed by atoms with Crippen LogP contribution in [0.15, 0.2) is 24.4 Å². The number of imidazole rings is 1. The summed E-state index contributed by atoms with van der Waals surface area (Å²) in [5.41, 5.74) is 1.92. The second-order valence-electron chi connectivity index (χ2n) is 10.5. The molecule has 3 heterocycles. The lowest BCUT2D eigenvalue weighted by atomic mass is 9.65. The van der Waals surface area contributed by atoms with Crippen LogP contribution in [0.1, 0.15) is 69.1 Å². The minimum Gasteiger partial charge on any atom is -0.340 e. The van der Waals surface area contributed by atoms with Crippen molar-refractivity contribution < 1.29 is 9.59 Å². The van der Waals surface area contributed by atoms with E-state index in [0.717, 1.165) is 49.6 Å². The van der Waals surface area contributed by atoms with Gasteiger partial charge in [-0.1, -0.05) is 19.9 Å². The average molecular weight is 439 g/mol. The van der Waals surface area contributed by atoms with Gasteiger partial charge in [0.25, 0.3) is 0 Å². The summed E-state index contributed by atoms with van der Waals surface area (Å²) in [6.45, 7) is 9.24. The second-order valence-corrected chi connectivity index (χ2v) is 10.5. The Morgan fingerprint density at radius 2 is 1.78 bits per heavy atom. The van der Waals surface area contributed by atoms with E-state index in [0.29, 0.717) is 23.1 Å². The molecule has 1 saturated heterocycles. The molecule has 3 aliphatic rings. The summed E-state index contributed by atoms with van der Waals surface area (Å²) in [7, 11) is 0. The van der Waals surface area contributed by atoms with Crippen molar-refractivity contribution in [1.82, 2.24) is 19.6 Å². The molecule has 2 saturated carbocycles. The molecule has 1 amide bonds. The first-order chi connectivity index (χ1) is 15.4. The topological polar surface area (TPSA) is 66.7 Å². The van der Waals surface area contributed by atoms with Crippen molar-refractivity contribution in [2.24, 2.45) is 23.7 Å². The number of carbonyl (C=O) groups excluding carboxylic acids is 2. The van der Waals surface area contributed by atoms with Crippen molar-refractivity contribution in [3.05, 3.63) is 35.8 Å². The zero-order chi connectivity index (χ0) is 22.7. The van der Waals surface area contributed by atoms with Crippen LogP contribution in [0.3, 0.4) is 0 Å². The minimum absolute atomic E-state index is 0.0828. The SMILES string of the molecule is CC1CC2CC(C)CC(C1)C2.C[C@@H]1CN(C(=O)Cc2cn3c(C=O)cccc3n2)CCN1. The van der Waals surface area contributed by atoms with Crippen LogP contribution in [0.2, 0.25) is 0 Å². The molecule has 1 N–H and O–H groups in total. The van der Waals surface area contributed by atoms with Crippen molar-refractivity contribution >= 4 is 17.8 Å². The average Bonchev–Trinajstić information content (AvgIpc) is 3.15. The lowest BCUT2D eigenvalue weighted by molar-refractivity contribution is -0.131. The molecular weight excluding hydrogens is 400 g/mol. The second kappa shape index (κ2) is 10.2. The fourth-order valence-corrected chi connectivity index (χ4v) is 6.21. The Morgan fingerprint density at radius 3 is 2.41 bits per heavy atom. The van der Waals surface area contributed by atoms with E-state index < -0.39 is 0 Å². The van der Waals surface area contributed by atoms with E-state index in [1.165, 1.54) is 25.7 Å². The third-order valence-electron chi connectivity index (χ3n) is 7.36. The van der Waals surface area contributed by atoms with Crippen LogP contribution in [-0.4, -0.2) is 52.2 Å². The summed E-state index contributed by atoms with van der Waals surface area (Å²) >= 11 is 0. The Balaban J connectivity index is 0.000000186. The lowest BCUT2D eigenvalue weighted by Crippen LogP contribution is -2.51. The fraction of sp³-hybridized carbons (Fsp3) is 0.654. The highest BCUT2D eigenvalue weighted by molar-refractivity contribution is 5.79. The quantitative estimate of drug-likeness (QED) is 0.736. The van der Waals surface area contributed by atoms with Gasteiger partial charge in [-0.3, -0.25) is 14.0 Å². The summed E-state index contributed by atoms with van der Waals surface area (Å²) < 4.78 is 1.72.